The Balaban J connectivity index is 2.65. The zero-order valence-corrected chi connectivity index (χ0v) is 10.6. The fourth-order valence-corrected chi connectivity index (χ4v) is 1.89. The van der Waals surface area contributed by atoms with Crippen LogP contribution in [0, 0.1) is 28.8 Å². The number of rotatable bonds is 2. The van der Waals surface area contributed by atoms with E-state index in [1.54, 1.807) is 0 Å². The molecule has 1 aromatic heterocycles. The number of nitrogens with zero attached hydrogens (tertiary/aromatic N) is 2. The Morgan fingerprint density at radius 3 is 2.30 bits per heavy atom. The molecule has 0 unspecified atom stereocenters. The fraction of sp³-hybridized carbons (Fsp3) is 0. The first-order chi connectivity index (χ1) is 9.56. The molecule has 0 radical (unpaired) electrons. The van der Waals surface area contributed by atoms with Gasteiger partial charge in [0.15, 0.2) is 17.5 Å². The molecule has 0 saturated carbocycles. The highest BCUT2D eigenvalue weighted by Gasteiger charge is 2.18. The van der Waals surface area contributed by atoms with E-state index >= 15 is 0 Å². The zero-order valence-electron chi connectivity index (χ0n) is 9.87. The van der Waals surface area contributed by atoms with Crippen molar-refractivity contribution in [3.63, 3.8) is 0 Å². The fourth-order valence-electron chi connectivity index (χ4n) is 1.59. The van der Waals surface area contributed by atoms with Gasteiger partial charge >= 0.3 is 0 Å². The summed E-state index contributed by atoms with van der Waals surface area (Å²) in [6.45, 7) is 0. The van der Waals surface area contributed by atoms with Gasteiger partial charge in [-0.05, 0) is 29.8 Å². The number of benzene rings is 1. The van der Waals surface area contributed by atoms with Crippen molar-refractivity contribution in [2.24, 2.45) is 0 Å². The molecular formula is C14H6ClF3N2. The second-order valence-electron chi connectivity index (χ2n) is 3.76. The summed E-state index contributed by atoms with van der Waals surface area (Å²) in [5.74, 6) is -4.39. The summed E-state index contributed by atoms with van der Waals surface area (Å²) in [6.07, 6.45) is 2.86. The molecule has 100 valence electrons. The molecule has 0 N–H and O–H groups in total. The smallest absolute Gasteiger partial charge is 0.195 e. The predicted molar refractivity (Wildman–Crippen MR) is 68.8 cm³/mol. The second kappa shape index (κ2) is 5.76. The zero-order chi connectivity index (χ0) is 14.7. The Kier molecular flexibility index (Phi) is 4.06. The summed E-state index contributed by atoms with van der Waals surface area (Å²) in [5, 5.41) is 8.83. The van der Waals surface area contributed by atoms with Crippen LogP contribution in [-0.2, 0) is 0 Å². The summed E-state index contributed by atoms with van der Waals surface area (Å²) in [4.78, 5) is 3.78. The minimum atomic E-state index is -1.63. The van der Waals surface area contributed by atoms with E-state index in [0.717, 1.165) is 12.1 Å². The quantitative estimate of drug-likeness (QED) is 0.617. The van der Waals surface area contributed by atoms with Crippen molar-refractivity contribution >= 4 is 22.2 Å². The number of nitriles is 1. The third-order valence-electron chi connectivity index (χ3n) is 2.57. The molecule has 0 amide bonds. The highest BCUT2D eigenvalue weighted by molar-refractivity contribution is 6.53. The lowest BCUT2D eigenvalue weighted by Crippen LogP contribution is -1.96. The van der Waals surface area contributed by atoms with Crippen LogP contribution in [0.2, 0.25) is 0 Å². The van der Waals surface area contributed by atoms with Gasteiger partial charge in [0, 0.05) is 18.0 Å². The topological polar surface area (TPSA) is 36.7 Å². The van der Waals surface area contributed by atoms with Gasteiger partial charge in [0.1, 0.15) is 6.07 Å². The molecule has 0 aliphatic heterocycles. The second-order valence-corrected chi connectivity index (χ2v) is 4.14. The minimum absolute atomic E-state index is 0.0565. The van der Waals surface area contributed by atoms with Crippen molar-refractivity contribution in [1.82, 2.24) is 4.98 Å². The number of allylic oxidation sites excluding steroid dienone is 1. The van der Waals surface area contributed by atoms with Crippen molar-refractivity contribution < 1.29 is 13.2 Å². The van der Waals surface area contributed by atoms with Crippen LogP contribution in [0.5, 0.6) is 0 Å². The lowest BCUT2D eigenvalue weighted by atomic mass is 10.0. The predicted octanol–water partition coefficient (Wildman–Crippen LogP) is 4.13. The normalized spacial score (nSPS) is 11.8. The summed E-state index contributed by atoms with van der Waals surface area (Å²) < 4.78 is 39.7. The molecule has 0 bridgehead atoms. The molecule has 20 heavy (non-hydrogen) atoms. The first-order valence-electron chi connectivity index (χ1n) is 5.40. The molecule has 0 aliphatic rings. The lowest BCUT2D eigenvalue weighted by Gasteiger charge is -2.06. The van der Waals surface area contributed by atoms with E-state index in [1.165, 1.54) is 24.5 Å². The molecule has 0 aliphatic carbocycles. The summed E-state index contributed by atoms with van der Waals surface area (Å²) >= 11 is 5.94. The highest BCUT2D eigenvalue weighted by Crippen LogP contribution is 2.31. The van der Waals surface area contributed by atoms with Gasteiger partial charge in [-0.15, -0.1) is 0 Å². The molecule has 0 saturated heterocycles. The average molecular weight is 295 g/mol. The van der Waals surface area contributed by atoms with Crippen LogP contribution < -0.4 is 0 Å². The van der Waals surface area contributed by atoms with E-state index < -0.39 is 17.5 Å². The maximum absolute atomic E-state index is 13.7. The van der Waals surface area contributed by atoms with Gasteiger partial charge in [0.25, 0.3) is 0 Å². The van der Waals surface area contributed by atoms with Crippen LogP contribution in [0.15, 0.2) is 36.7 Å². The molecule has 2 nitrogen and oxygen atoms in total. The number of aromatic nitrogens is 1. The molecule has 0 spiro atoms. The monoisotopic (exact) mass is 294 g/mol. The van der Waals surface area contributed by atoms with Crippen LogP contribution in [-0.4, -0.2) is 4.98 Å². The van der Waals surface area contributed by atoms with Gasteiger partial charge in [-0.3, -0.25) is 4.98 Å². The third-order valence-corrected chi connectivity index (χ3v) is 2.96. The Bertz CT molecular complexity index is 721. The maximum Gasteiger partial charge on any atom is 0.195 e. The van der Waals surface area contributed by atoms with Crippen molar-refractivity contribution in [2.75, 3.05) is 0 Å². The van der Waals surface area contributed by atoms with Crippen LogP contribution in [0.3, 0.4) is 0 Å². The number of halogens is 4. The SMILES string of the molecule is N#C/C(=C(\Cl)c1ccc(F)c(F)c1F)c1ccncc1. The van der Waals surface area contributed by atoms with Gasteiger partial charge in [-0.2, -0.15) is 5.26 Å². The van der Waals surface area contributed by atoms with Crippen molar-refractivity contribution in [3.8, 4) is 6.07 Å². The van der Waals surface area contributed by atoms with E-state index in [-0.39, 0.29) is 16.2 Å². The van der Waals surface area contributed by atoms with Crippen LogP contribution in [0.25, 0.3) is 10.6 Å². The van der Waals surface area contributed by atoms with E-state index in [0.29, 0.717) is 5.56 Å². The van der Waals surface area contributed by atoms with Gasteiger partial charge in [-0.1, -0.05) is 11.6 Å². The molecular weight excluding hydrogens is 289 g/mol. The first kappa shape index (κ1) is 14.1. The Hall–Kier alpha value is -2.32. The van der Waals surface area contributed by atoms with Crippen molar-refractivity contribution in [1.29, 1.82) is 5.26 Å². The summed E-state index contributed by atoms with van der Waals surface area (Å²) in [6, 6.07) is 6.54. The molecule has 0 atom stereocenters. The van der Waals surface area contributed by atoms with Crippen molar-refractivity contribution in [3.05, 3.63) is 65.2 Å². The lowest BCUT2D eigenvalue weighted by molar-refractivity contribution is 0.446. The van der Waals surface area contributed by atoms with Gasteiger partial charge in [0.2, 0.25) is 0 Å². The van der Waals surface area contributed by atoms with Gasteiger partial charge < -0.3 is 0 Å². The standard InChI is InChI=1S/C14H6ClF3N2/c15-12(9-1-2-11(16)14(18)13(9)17)10(7-19)8-3-5-20-6-4-8/h1-6H/b12-10+. The molecule has 2 aromatic rings. The summed E-state index contributed by atoms with van der Waals surface area (Å²) in [7, 11) is 0. The van der Waals surface area contributed by atoms with Crippen LogP contribution in [0.1, 0.15) is 11.1 Å². The average Bonchev–Trinajstić information content (AvgIpc) is 2.47. The molecule has 1 aromatic carbocycles. The largest absolute Gasteiger partial charge is 0.265 e. The molecule has 6 heteroatoms. The van der Waals surface area contributed by atoms with Gasteiger partial charge in [-0.25, -0.2) is 13.2 Å². The Labute approximate surface area is 117 Å². The Morgan fingerprint density at radius 1 is 1.05 bits per heavy atom. The van der Waals surface area contributed by atoms with E-state index in [2.05, 4.69) is 4.98 Å². The van der Waals surface area contributed by atoms with E-state index in [4.69, 9.17) is 16.9 Å². The van der Waals surface area contributed by atoms with Crippen LogP contribution >= 0.6 is 11.6 Å². The van der Waals surface area contributed by atoms with E-state index in [1.807, 2.05) is 6.07 Å². The molecule has 1 heterocycles. The summed E-state index contributed by atoms with van der Waals surface area (Å²) in [5.41, 5.74) is -0.0328. The molecule has 2 rings (SSSR count). The maximum atomic E-state index is 13.7. The number of pyridine rings is 1. The third kappa shape index (κ3) is 2.51. The Morgan fingerprint density at radius 2 is 1.70 bits per heavy atom. The number of hydrogen-bond donors (Lipinski definition) is 0. The molecule has 0 fully saturated rings. The van der Waals surface area contributed by atoms with Crippen LogP contribution in [0.4, 0.5) is 13.2 Å². The number of hydrogen-bond acceptors (Lipinski definition) is 2. The minimum Gasteiger partial charge on any atom is -0.265 e. The first-order valence-corrected chi connectivity index (χ1v) is 5.78. The van der Waals surface area contributed by atoms with Crippen molar-refractivity contribution in [2.45, 2.75) is 0 Å². The van der Waals surface area contributed by atoms with Gasteiger partial charge in [0.05, 0.1) is 10.6 Å². The highest BCUT2D eigenvalue weighted by atomic mass is 35.5. The van der Waals surface area contributed by atoms with E-state index in [9.17, 15) is 13.2 Å².